The summed E-state index contributed by atoms with van der Waals surface area (Å²) in [6.07, 6.45) is -0.692. The van der Waals surface area contributed by atoms with E-state index in [4.69, 9.17) is 23.7 Å². The minimum absolute atomic E-state index is 0.00316. The minimum Gasteiger partial charge on any atom is -0.507 e. The van der Waals surface area contributed by atoms with Crippen molar-refractivity contribution in [2.24, 2.45) is 0 Å². The fourth-order valence-electron chi connectivity index (χ4n) is 3.52. The molecule has 0 unspecified atom stereocenters. The van der Waals surface area contributed by atoms with Gasteiger partial charge in [0.1, 0.15) is 22.6 Å². The van der Waals surface area contributed by atoms with Crippen molar-refractivity contribution in [1.29, 1.82) is 0 Å². The summed E-state index contributed by atoms with van der Waals surface area (Å²) in [4.78, 5) is 36.9. The molecular weight excluding hydrogens is 384 g/mol. The number of carbonyl (C=O) groups is 3. The lowest BCUT2D eigenvalue weighted by Crippen LogP contribution is -2.11. The van der Waals surface area contributed by atoms with Gasteiger partial charge in [0.05, 0.1) is 18.2 Å². The molecule has 0 aliphatic carbocycles. The van der Waals surface area contributed by atoms with Gasteiger partial charge < -0.3 is 28.8 Å². The van der Waals surface area contributed by atoms with E-state index in [2.05, 4.69) is 0 Å². The smallest absolute Gasteiger partial charge is 0.347 e. The van der Waals surface area contributed by atoms with Crippen LogP contribution in [-0.4, -0.2) is 37.6 Å². The molecule has 0 saturated carbocycles. The van der Waals surface area contributed by atoms with E-state index in [9.17, 15) is 19.5 Å². The molecule has 1 N–H and O–H groups in total. The fraction of sp³-hybridized carbons (Fsp3) is 0.250. The lowest BCUT2D eigenvalue weighted by Gasteiger charge is -2.18. The fourth-order valence-corrected chi connectivity index (χ4v) is 3.52. The minimum atomic E-state index is -1.19. The Morgan fingerprint density at radius 2 is 1.76 bits per heavy atom. The van der Waals surface area contributed by atoms with Crippen LogP contribution in [0.25, 0.3) is 0 Å². The molecule has 2 aromatic rings. The van der Waals surface area contributed by atoms with Crippen molar-refractivity contribution < 1.29 is 43.2 Å². The molecule has 2 aliphatic heterocycles. The predicted molar refractivity (Wildman–Crippen MR) is 96.2 cm³/mol. The number of aldehydes is 1. The summed E-state index contributed by atoms with van der Waals surface area (Å²) < 4.78 is 27.0. The number of esters is 2. The van der Waals surface area contributed by atoms with Crippen LogP contribution in [-0.2, 0) is 9.47 Å². The van der Waals surface area contributed by atoms with Crippen molar-refractivity contribution >= 4 is 18.2 Å². The molecule has 2 heterocycles. The molecule has 0 amide bonds. The number of methoxy groups -OCH3 is 2. The van der Waals surface area contributed by atoms with Gasteiger partial charge in [0, 0.05) is 12.7 Å². The van der Waals surface area contributed by atoms with Gasteiger partial charge >= 0.3 is 11.9 Å². The molecule has 2 aliphatic rings. The number of aryl methyl sites for hydroxylation is 1. The number of cyclic esters (lactones) is 1. The van der Waals surface area contributed by atoms with Crippen molar-refractivity contribution in [1.82, 2.24) is 0 Å². The van der Waals surface area contributed by atoms with E-state index in [-0.39, 0.29) is 50.8 Å². The first-order valence-corrected chi connectivity index (χ1v) is 8.53. The maximum absolute atomic E-state index is 12.9. The second-order valence-corrected chi connectivity index (χ2v) is 6.52. The second-order valence-electron chi connectivity index (χ2n) is 6.52. The third-order valence-electron chi connectivity index (χ3n) is 4.94. The number of hydrogen-bond acceptors (Lipinski definition) is 9. The first-order valence-electron chi connectivity index (χ1n) is 8.53. The second kappa shape index (κ2) is 6.49. The van der Waals surface area contributed by atoms with Crippen molar-refractivity contribution in [3.63, 3.8) is 0 Å². The number of phenols is 1. The van der Waals surface area contributed by atoms with Crippen LogP contribution in [0.1, 0.15) is 54.1 Å². The number of fused-ring (bicyclic) bond motifs is 4. The Labute approximate surface area is 164 Å². The maximum atomic E-state index is 12.9. The van der Waals surface area contributed by atoms with E-state index in [1.54, 1.807) is 6.92 Å². The maximum Gasteiger partial charge on any atom is 0.347 e. The van der Waals surface area contributed by atoms with Crippen LogP contribution in [0.5, 0.6) is 28.7 Å². The normalized spacial score (nSPS) is 16.6. The van der Waals surface area contributed by atoms with Gasteiger partial charge in [0.2, 0.25) is 6.29 Å². The monoisotopic (exact) mass is 400 g/mol. The molecule has 29 heavy (non-hydrogen) atoms. The van der Waals surface area contributed by atoms with Crippen LogP contribution < -0.4 is 14.2 Å². The van der Waals surface area contributed by atoms with Gasteiger partial charge in [0.15, 0.2) is 23.5 Å². The van der Waals surface area contributed by atoms with E-state index in [1.807, 2.05) is 0 Å². The third kappa shape index (κ3) is 2.47. The number of ether oxygens (including phenoxy) is 5. The zero-order chi connectivity index (χ0) is 21.0. The van der Waals surface area contributed by atoms with E-state index < -0.39 is 24.0 Å². The Bertz CT molecular complexity index is 1100. The number of rotatable bonds is 3. The summed E-state index contributed by atoms with van der Waals surface area (Å²) >= 11 is 0. The Morgan fingerprint density at radius 1 is 1.03 bits per heavy atom. The molecule has 4 rings (SSSR count). The number of hydrogen-bond donors (Lipinski definition) is 1. The highest BCUT2D eigenvalue weighted by Gasteiger charge is 2.43. The van der Waals surface area contributed by atoms with E-state index in [0.29, 0.717) is 11.8 Å². The number of benzene rings is 2. The van der Waals surface area contributed by atoms with Gasteiger partial charge in [0.25, 0.3) is 0 Å². The number of aromatic hydroxyl groups is 1. The quantitative estimate of drug-likeness (QED) is 0.471. The predicted octanol–water partition coefficient (Wildman–Crippen LogP) is 2.97. The summed E-state index contributed by atoms with van der Waals surface area (Å²) in [5, 5.41) is 10.5. The molecule has 150 valence electrons. The largest absolute Gasteiger partial charge is 0.507 e. The van der Waals surface area contributed by atoms with E-state index in [0.717, 1.165) is 0 Å². The average Bonchev–Trinajstić information content (AvgIpc) is 2.95. The van der Waals surface area contributed by atoms with Gasteiger partial charge in [-0.1, -0.05) is 0 Å². The van der Waals surface area contributed by atoms with E-state index in [1.165, 1.54) is 27.2 Å². The lowest BCUT2D eigenvalue weighted by molar-refractivity contribution is -0.0822. The van der Waals surface area contributed by atoms with Gasteiger partial charge in [-0.3, -0.25) is 4.79 Å². The highest BCUT2D eigenvalue weighted by atomic mass is 16.7. The third-order valence-corrected chi connectivity index (χ3v) is 4.94. The summed E-state index contributed by atoms with van der Waals surface area (Å²) in [6.45, 7) is 3.10. The summed E-state index contributed by atoms with van der Waals surface area (Å²) in [5.74, 6) is -2.04. The van der Waals surface area contributed by atoms with Crippen LogP contribution in [0.4, 0.5) is 0 Å². The number of carbonyl (C=O) groups excluding carboxylic acids is 3. The molecule has 1 atom stereocenters. The Balaban J connectivity index is 2.09. The Morgan fingerprint density at radius 3 is 2.38 bits per heavy atom. The van der Waals surface area contributed by atoms with Gasteiger partial charge in [-0.25, -0.2) is 9.59 Å². The van der Waals surface area contributed by atoms with Gasteiger partial charge in [-0.2, -0.15) is 0 Å². The SMILES string of the molecule is COc1cc(C)c2c(c1C=O)Oc1c(c(C)c(O)c3c1[C@@H](OC)OC3=O)OC2=O. The molecule has 0 bridgehead atoms. The molecule has 0 saturated heterocycles. The lowest BCUT2D eigenvalue weighted by atomic mass is 10.0. The summed E-state index contributed by atoms with van der Waals surface area (Å²) in [5.41, 5.74) is 0.487. The summed E-state index contributed by atoms with van der Waals surface area (Å²) in [7, 11) is 2.68. The molecule has 0 fully saturated rings. The van der Waals surface area contributed by atoms with Crippen molar-refractivity contribution in [2.45, 2.75) is 20.1 Å². The number of phenolic OH excluding ortho intramolecular Hbond substituents is 1. The van der Waals surface area contributed by atoms with Crippen molar-refractivity contribution in [3.8, 4) is 28.7 Å². The van der Waals surface area contributed by atoms with Crippen LogP contribution >= 0.6 is 0 Å². The molecule has 0 radical (unpaired) electrons. The highest BCUT2D eigenvalue weighted by Crippen LogP contribution is 2.54. The molecule has 0 aromatic heterocycles. The van der Waals surface area contributed by atoms with Crippen LogP contribution in [0.3, 0.4) is 0 Å². The average molecular weight is 400 g/mol. The molecule has 0 spiro atoms. The standard InChI is InChI=1S/C20H16O9/c1-7-5-10(25-3)9(6-21)16-11(7)18(23)28-15-8(2)14(22)12-13(17(15)27-16)20(26-4)29-19(12)24/h5-6,20,22H,1-4H3/t20-/m0/s1. The van der Waals surface area contributed by atoms with Crippen LogP contribution in [0, 0.1) is 13.8 Å². The van der Waals surface area contributed by atoms with Crippen LogP contribution in [0.15, 0.2) is 6.07 Å². The Hall–Kier alpha value is -3.59. The molecule has 9 nitrogen and oxygen atoms in total. The topological polar surface area (TPSA) is 118 Å². The van der Waals surface area contributed by atoms with Crippen molar-refractivity contribution in [2.75, 3.05) is 14.2 Å². The first-order chi connectivity index (χ1) is 13.8. The van der Waals surface area contributed by atoms with Crippen molar-refractivity contribution in [3.05, 3.63) is 39.4 Å². The molecular formula is C20H16O9. The molecule has 2 aromatic carbocycles. The van der Waals surface area contributed by atoms with Crippen LogP contribution in [0.2, 0.25) is 0 Å². The van der Waals surface area contributed by atoms with Gasteiger partial charge in [-0.15, -0.1) is 0 Å². The summed E-state index contributed by atoms with van der Waals surface area (Å²) in [6, 6.07) is 1.52. The van der Waals surface area contributed by atoms with Gasteiger partial charge in [-0.05, 0) is 25.5 Å². The Kier molecular flexibility index (Phi) is 4.20. The zero-order valence-corrected chi connectivity index (χ0v) is 15.9. The highest BCUT2D eigenvalue weighted by molar-refractivity contribution is 6.03. The zero-order valence-electron chi connectivity index (χ0n) is 15.9. The van der Waals surface area contributed by atoms with E-state index >= 15 is 0 Å². The first kappa shape index (κ1) is 18.8. The molecule has 9 heteroatoms.